The van der Waals surface area contributed by atoms with Crippen molar-refractivity contribution in [2.24, 2.45) is 0 Å². The molecular formula is C23H41NO3. The van der Waals surface area contributed by atoms with Crippen LogP contribution in [0.3, 0.4) is 0 Å². The third kappa shape index (κ3) is 13.5. The maximum atomic E-state index is 11.7. The van der Waals surface area contributed by atoms with E-state index in [9.17, 15) is 9.59 Å². The van der Waals surface area contributed by atoms with Gasteiger partial charge in [-0.3, -0.25) is 4.79 Å². The molecule has 1 aliphatic rings. The fourth-order valence-electron chi connectivity index (χ4n) is 3.41. The summed E-state index contributed by atoms with van der Waals surface area (Å²) in [5.74, 6) is -0.317. The van der Waals surface area contributed by atoms with E-state index < -0.39 is 6.04 Å². The van der Waals surface area contributed by atoms with E-state index >= 15 is 0 Å². The number of unbranched alkanes of at least 4 members (excludes halogenated alkanes) is 12. The van der Waals surface area contributed by atoms with Crippen molar-refractivity contribution in [1.29, 1.82) is 0 Å². The van der Waals surface area contributed by atoms with Gasteiger partial charge in [0.05, 0.1) is 6.61 Å². The van der Waals surface area contributed by atoms with Crippen LogP contribution in [-0.2, 0) is 14.3 Å². The largest absolute Gasteiger partial charge is 0.464 e. The van der Waals surface area contributed by atoms with Gasteiger partial charge in [-0.25, -0.2) is 4.79 Å². The number of allylic oxidation sites excluding steroid dienone is 2. The molecule has 1 amide bonds. The van der Waals surface area contributed by atoms with E-state index in [0.29, 0.717) is 19.4 Å². The summed E-state index contributed by atoms with van der Waals surface area (Å²) >= 11 is 0. The highest BCUT2D eigenvalue weighted by molar-refractivity contribution is 5.87. The van der Waals surface area contributed by atoms with E-state index in [1.54, 1.807) is 0 Å². The number of nitrogens with one attached hydrogen (secondary N) is 1. The zero-order valence-corrected chi connectivity index (χ0v) is 17.5. The number of carbonyl (C=O) groups is 2. The number of ether oxygens (including phenoxy) is 1. The molecule has 0 unspecified atom stereocenters. The molecule has 0 spiro atoms. The number of amides is 1. The van der Waals surface area contributed by atoms with Crippen molar-refractivity contribution in [1.82, 2.24) is 5.32 Å². The van der Waals surface area contributed by atoms with E-state index in [4.69, 9.17) is 4.74 Å². The Morgan fingerprint density at radius 3 is 2.04 bits per heavy atom. The lowest BCUT2D eigenvalue weighted by Gasteiger charge is -2.09. The quantitative estimate of drug-likeness (QED) is 0.196. The Kier molecular flexibility index (Phi) is 14.8. The fraction of sp³-hybridized carbons (Fsp3) is 0.826. The van der Waals surface area contributed by atoms with Gasteiger partial charge in [-0.1, -0.05) is 76.9 Å². The van der Waals surface area contributed by atoms with Gasteiger partial charge in [0.1, 0.15) is 6.04 Å². The Bertz CT molecular complexity index is 420. The first kappa shape index (κ1) is 23.7. The van der Waals surface area contributed by atoms with Crippen molar-refractivity contribution in [3.8, 4) is 0 Å². The lowest BCUT2D eigenvalue weighted by molar-refractivity contribution is -0.146. The predicted octanol–water partition coefficient (Wildman–Crippen LogP) is 5.85. The van der Waals surface area contributed by atoms with Crippen LogP contribution in [0.1, 0.15) is 110 Å². The lowest BCUT2D eigenvalue weighted by Crippen LogP contribution is -2.34. The van der Waals surface area contributed by atoms with Crippen LogP contribution in [-0.4, -0.2) is 24.5 Å². The maximum absolute atomic E-state index is 11.7. The smallest absolute Gasteiger partial charge is 0.328 e. The molecule has 1 heterocycles. The summed E-state index contributed by atoms with van der Waals surface area (Å²) in [5, 5.41) is 2.64. The molecule has 0 aromatic heterocycles. The van der Waals surface area contributed by atoms with Gasteiger partial charge >= 0.3 is 5.97 Å². The molecule has 1 fully saturated rings. The van der Waals surface area contributed by atoms with Crippen molar-refractivity contribution in [3.05, 3.63) is 12.2 Å². The maximum Gasteiger partial charge on any atom is 0.328 e. The van der Waals surface area contributed by atoms with Crippen molar-refractivity contribution in [3.63, 3.8) is 0 Å². The van der Waals surface area contributed by atoms with E-state index in [0.717, 1.165) is 12.8 Å². The average Bonchev–Trinajstić information content (AvgIpc) is 3.10. The molecule has 0 aromatic carbocycles. The molecule has 0 aliphatic carbocycles. The standard InChI is InChI=1S/C23H41NO3/c1-2-3-4-5-6-7-8-9-10-11-12-13-14-15-16-17-20-27-23(26)21-18-19-22(25)24-21/h9-10,21H,2-8,11-20H2,1H3,(H,24,25)/t21-/m0/s1. The second-order valence-electron chi connectivity index (χ2n) is 7.76. The third-order valence-corrected chi connectivity index (χ3v) is 5.18. The monoisotopic (exact) mass is 379 g/mol. The highest BCUT2D eigenvalue weighted by Gasteiger charge is 2.28. The van der Waals surface area contributed by atoms with Crippen molar-refractivity contribution in [2.75, 3.05) is 6.61 Å². The Hall–Kier alpha value is -1.32. The first-order chi connectivity index (χ1) is 13.2. The SMILES string of the molecule is CCCCCCCCC=CCCCCCCCCOC(=O)[C@@H]1CCC(=O)N1. The molecule has 1 saturated heterocycles. The molecule has 156 valence electrons. The molecule has 4 heteroatoms. The number of esters is 1. The summed E-state index contributed by atoms with van der Waals surface area (Å²) in [6.45, 7) is 2.74. The normalized spacial score (nSPS) is 16.8. The predicted molar refractivity (Wildman–Crippen MR) is 112 cm³/mol. The summed E-state index contributed by atoms with van der Waals surface area (Å²) < 4.78 is 5.23. The lowest BCUT2D eigenvalue weighted by atomic mass is 10.1. The number of hydrogen-bond acceptors (Lipinski definition) is 3. The molecule has 1 atom stereocenters. The van der Waals surface area contributed by atoms with Crippen LogP contribution in [0.5, 0.6) is 0 Å². The Morgan fingerprint density at radius 1 is 0.926 bits per heavy atom. The van der Waals surface area contributed by atoms with Gasteiger partial charge in [0.15, 0.2) is 0 Å². The second-order valence-corrected chi connectivity index (χ2v) is 7.76. The molecule has 0 bridgehead atoms. The Morgan fingerprint density at radius 2 is 1.48 bits per heavy atom. The molecule has 0 saturated carbocycles. The van der Waals surface area contributed by atoms with Crippen LogP contribution in [0.4, 0.5) is 0 Å². The van der Waals surface area contributed by atoms with Crippen LogP contribution in [0.15, 0.2) is 12.2 Å². The van der Waals surface area contributed by atoms with Gasteiger partial charge in [-0.05, 0) is 38.5 Å². The first-order valence-electron chi connectivity index (χ1n) is 11.3. The molecule has 0 radical (unpaired) electrons. The number of hydrogen-bond donors (Lipinski definition) is 1. The van der Waals surface area contributed by atoms with Crippen LogP contribution < -0.4 is 5.32 Å². The van der Waals surface area contributed by atoms with E-state index in [1.165, 1.54) is 77.0 Å². The minimum Gasteiger partial charge on any atom is -0.464 e. The molecule has 0 aromatic rings. The highest BCUT2D eigenvalue weighted by atomic mass is 16.5. The topological polar surface area (TPSA) is 55.4 Å². The van der Waals surface area contributed by atoms with Crippen LogP contribution >= 0.6 is 0 Å². The summed E-state index contributed by atoms with van der Waals surface area (Å²) in [6, 6.07) is -0.411. The average molecular weight is 380 g/mol. The van der Waals surface area contributed by atoms with E-state index in [2.05, 4.69) is 24.4 Å². The Balaban J connectivity index is 1.77. The summed E-state index contributed by atoms with van der Waals surface area (Å²) in [5.41, 5.74) is 0. The Labute approximate surface area is 166 Å². The minimum atomic E-state index is -0.411. The van der Waals surface area contributed by atoms with Gasteiger partial charge in [0.2, 0.25) is 5.91 Å². The van der Waals surface area contributed by atoms with Crippen LogP contribution in [0, 0.1) is 0 Å². The summed E-state index contributed by atoms with van der Waals surface area (Å²) in [4.78, 5) is 22.8. The van der Waals surface area contributed by atoms with Gasteiger partial charge in [0, 0.05) is 6.42 Å². The fourth-order valence-corrected chi connectivity index (χ4v) is 3.41. The molecule has 4 nitrogen and oxygen atoms in total. The van der Waals surface area contributed by atoms with E-state index in [-0.39, 0.29) is 11.9 Å². The highest BCUT2D eigenvalue weighted by Crippen LogP contribution is 2.11. The first-order valence-corrected chi connectivity index (χ1v) is 11.3. The number of carbonyl (C=O) groups excluding carboxylic acids is 2. The van der Waals surface area contributed by atoms with E-state index in [1.807, 2.05) is 0 Å². The van der Waals surface area contributed by atoms with Crippen molar-refractivity contribution in [2.45, 2.75) is 116 Å². The van der Waals surface area contributed by atoms with Gasteiger partial charge < -0.3 is 10.1 Å². The third-order valence-electron chi connectivity index (χ3n) is 5.18. The molecule has 1 N–H and O–H groups in total. The van der Waals surface area contributed by atoms with Crippen LogP contribution in [0.25, 0.3) is 0 Å². The van der Waals surface area contributed by atoms with Gasteiger partial charge in [-0.2, -0.15) is 0 Å². The minimum absolute atomic E-state index is 0.0470. The van der Waals surface area contributed by atoms with Crippen molar-refractivity contribution >= 4 is 11.9 Å². The second kappa shape index (κ2) is 16.8. The molecular weight excluding hydrogens is 338 g/mol. The molecule has 1 rings (SSSR count). The zero-order chi connectivity index (χ0) is 19.6. The zero-order valence-electron chi connectivity index (χ0n) is 17.5. The molecule has 27 heavy (non-hydrogen) atoms. The number of rotatable bonds is 17. The van der Waals surface area contributed by atoms with Crippen LogP contribution in [0.2, 0.25) is 0 Å². The summed E-state index contributed by atoms with van der Waals surface area (Å²) in [7, 11) is 0. The summed E-state index contributed by atoms with van der Waals surface area (Å²) in [6.07, 6.45) is 23.5. The van der Waals surface area contributed by atoms with Gasteiger partial charge in [0.25, 0.3) is 0 Å². The van der Waals surface area contributed by atoms with Crippen molar-refractivity contribution < 1.29 is 14.3 Å². The van der Waals surface area contributed by atoms with Gasteiger partial charge in [-0.15, -0.1) is 0 Å². The molecule has 1 aliphatic heterocycles.